The van der Waals surface area contributed by atoms with E-state index in [1.807, 2.05) is 53.1 Å². The van der Waals surface area contributed by atoms with Gasteiger partial charge in [-0.2, -0.15) is 0 Å². The number of aliphatic hydroxyl groups excluding tert-OH is 1. The summed E-state index contributed by atoms with van der Waals surface area (Å²) in [5.41, 5.74) is 9.99. The van der Waals surface area contributed by atoms with Crippen LogP contribution in [0.15, 0.2) is 59.3 Å². The molecule has 4 aromatic rings. The van der Waals surface area contributed by atoms with Gasteiger partial charge in [0, 0.05) is 11.9 Å². The van der Waals surface area contributed by atoms with Gasteiger partial charge in [0.25, 0.3) is 0 Å². The van der Waals surface area contributed by atoms with E-state index >= 15 is 0 Å². The monoisotopic (exact) mass is 395 g/mol. The molecule has 0 atom stereocenters. The van der Waals surface area contributed by atoms with Crippen LogP contribution in [-0.2, 0) is 6.61 Å². The molecule has 0 saturated carbocycles. The molecule has 1 aromatic carbocycles. The molecule has 0 aliphatic carbocycles. The highest BCUT2D eigenvalue weighted by Crippen LogP contribution is 2.30. The number of pyridine rings is 2. The highest BCUT2D eigenvalue weighted by molar-refractivity contribution is 9.10. The van der Waals surface area contributed by atoms with Crippen LogP contribution < -0.4 is 5.73 Å². The van der Waals surface area contributed by atoms with Crippen molar-refractivity contribution < 1.29 is 5.11 Å². The maximum absolute atomic E-state index is 9.27. The van der Waals surface area contributed by atoms with E-state index in [1.54, 1.807) is 6.20 Å². The van der Waals surface area contributed by atoms with Crippen molar-refractivity contribution in [2.75, 3.05) is 5.73 Å². The molecule has 3 aromatic heterocycles. The average Bonchev–Trinajstić information content (AvgIpc) is 3.00. The number of hydrogen-bond acceptors (Lipinski definition) is 5. The summed E-state index contributed by atoms with van der Waals surface area (Å²) in [5.74, 6) is 1.08. The third kappa shape index (κ3) is 2.77. The SMILES string of the molecule is Nc1ncccc1-c1nc2ccc(Br)nc2n1-c1ccc(CO)cc1. The van der Waals surface area contributed by atoms with E-state index in [0.29, 0.717) is 17.3 Å². The van der Waals surface area contributed by atoms with Crippen LogP contribution in [0.4, 0.5) is 5.82 Å². The van der Waals surface area contributed by atoms with Crippen molar-refractivity contribution in [2.45, 2.75) is 6.61 Å². The van der Waals surface area contributed by atoms with Crippen molar-refractivity contribution in [3.8, 4) is 17.1 Å². The molecule has 0 amide bonds. The minimum atomic E-state index is -0.00281. The summed E-state index contributed by atoms with van der Waals surface area (Å²) in [4.78, 5) is 13.5. The molecule has 0 bridgehead atoms. The van der Waals surface area contributed by atoms with Crippen molar-refractivity contribution in [2.24, 2.45) is 0 Å². The summed E-state index contributed by atoms with van der Waals surface area (Å²) in [6, 6.07) is 15.1. The Morgan fingerprint density at radius 2 is 1.84 bits per heavy atom. The van der Waals surface area contributed by atoms with Crippen LogP contribution >= 0.6 is 15.9 Å². The smallest absolute Gasteiger partial charge is 0.166 e. The number of nitrogens with two attached hydrogens (primary N) is 1. The van der Waals surface area contributed by atoms with Gasteiger partial charge in [-0.05, 0) is 57.9 Å². The highest BCUT2D eigenvalue weighted by Gasteiger charge is 2.17. The van der Waals surface area contributed by atoms with Crippen molar-refractivity contribution in [1.82, 2.24) is 19.5 Å². The lowest BCUT2D eigenvalue weighted by atomic mass is 10.2. The molecule has 0 spiro atoms. The summed E-state index contributed by atoms with van der Waals surface area (Å²) in [5, 5.41) is 9.27. The number of nitrogens with zero attached hydrogens (tertiary/aromatic N) is 4. The summed E-state index contributed by atoms with van der Waals surface area (Å²) in [6.45, 7) is -0.00281. The Morgan fingerprint density at radius 3 is 2.56 bits per heavy atom. The lowest BCUT2D eigenvalue weighted by molar-refractivity contribution is 0.282. The maximum Gasteiger partial charge on any atom is 0.166 e. The Morgan fingerprint density at radius 1 is 1.04 bits per heavy atom. The van der Waals surface area contributed by atoms with Gasteiger partial charge in [0.2, 0.25) is 0 Å². The van der Waals surface area contributed by atoms with Crippen LogP contribution in [0.3, 0.4) is 0 Å². The lowest BCUT2D eigenvalue weighted by Gasteiger charge is -2.10. The van der Waals surface area contributed by atoms with E-state index < -0.39 is 0 Å². The zero-order valence-electron chi connectivity index (χ0n) is 13.1. The number of benzene rings is 1. The number of anilines is 1. The van der Waals surface area contributed by atoms with Gasteiger partial charge < -0.3 is 10.8 Å². The molecule has 0 radical (unpaired) electrons. The number of hydrogen-bond donors (Lipinski definition) is 2. The van der Waals surface area contributed by atoms with Crippen LogP contribution in [0.25, 0.3) is 28.2 Å². The van der Waals surface area contributed by atoms with Crippen LogP contribution in [0.5, 0.6) is 0 Å². The van der Waals surface area contributed by atoms with Gasteiger partial charge >= 0.3 is 0 Å². The van der Waals surface area contributed by atoms with Gasteiger partial charge in [0.1, 0.15) is 15.9 Å². The van der Waals surface area contributed by atoms with Crippen LogP contribution in [0.1, 0.15) is 5.56 Å². The molecular weight excluding hydrogens is 382 g/mol. The number of aromatic nitrogens is 4. The standard InChI is InChI=1S/C18H14BrN5O/c19-15-8-7-14-18(23-15)24(12-5-3-11(10-25)4-6-12)17(22-14)13-2-1-9-21-16(13)20/h1-9,25H,10H2,(H2,20,21). The number of fused-ring (bicyclic) bond motifs is 1. The second kappa shape index (κ2) is 6.27. The molecule has 0 saturated heterocycles. The quantitative estimate of drug-likeness (QED) is 0.519. The summed E-state index contributed by atoms with van der Waals surface area (Å²) in [6.07, 6.45) is 1.65. The fourth-order valence-electron chi connectivity index (χ4n) is 2.72. The topological polar surface area (TPSA) is 89.9 Å². The fourth-order valence-corrected chi connectivity index (χ4v) is 3.02. The van der Waals surface area contributed by atoms with E-state index in [-0.39, 0.29) is 6.61 Å². The summed E-state index contributed by atoms with van der Waals surface area (Å²) < 4.78 is 2.66. The minimum Gasteiger partial charge on any atom is -0.392 e. The molecule has 4 rings (SSSR count). The molecule has 3 heterocycles. The predicted octanol–water partition coefficient (Wildman–Crippen LogP) is 3.32. The third-order valence-electron chi connectivity index (χ3n) is 3.93. The second-order valence-corrected chi connectivity index (χ2v) is 6.32. The molecular formula is C18H14BrN5O. The predicted molar refractivity (Wildman–Crippen MR) is 100 cm³/mol. The molecule has 0 fully saturated rings. The first-order chi connectivity index (χ1) is 12.2. The molecule has 0 aliphatic heterocycles. The Balaban J connectivity index is 2.03. The van der Waals surface area contributed by atoms with E-state index in [2.05, 4.69) is 25.9 Å². The van der Waals surface area contributed by atoms with E-state index in [4.69, 9.17) is 10.7 Å². The van der Waals surface area contributed by atoms with Gasteiger partial charge in [-0.15, -0.1) is 0 Å². The molecule has 0 aliphatic rings. The number of imidazole rings is 1. The highest BCUT2D eigenvalue weighted by atomic mass is 79.9. The summed E-state index contributed by atoms with van der Waals surface area (Å²) >= 11 is 3.42. The van der Waals surface area contributed by atoms with E-state index in [9.17, 15) is 5.11 Å². The molecule has 25 heavy (non-hydrogen) atoms. The van der Waals surface area contributed by atoms with Crippen molar-refractivity contribution in [1.29, 1.82) is 0 Å². The second-order valence-electron chi connectivity index (χ2n) is 5.51. The fraction of sp³-hybridized carbons (Fsp3) is 0.0556. The zero-order chi connectivity index (χ0) is 17.4. The zero-order valence-corrected chi connectivity index (χ0v) is 14.7. The van der Waals surface area contributed by atoms with Crippen molar-refractivity contribution in [3.63, 3.8) is 0 Å². The Bertz CT molecular complexity index is 1060. The van der Waals surface area contributed by atoms with Crippen molar-refractivity contribution >= 4 is 32.9 Å². The third-order valence-corrected chi connectivity index (χ3v) is 4.37. The average molecular weight is 396 g/mol. The molecule has 7 heteroatoms. The van der Waals surface area contributed by atoms with Crippen LogP contribution in [0, 0.1) is 0 Å². The Kier molecular flexibility index (Phi) is 3.95. The van der Waals surface area contributed by atoms with Gasteiger partial charge in [-0.1, -0.05) is 12.1 Å². The first kappa shape index (κ1) is 15.7. The molecule has 0 unspecified atom stereocenters. The largest absolute Gasteiger partial charge is 0.392 e. The van der Waals surface area contributed by atoms with Crippen molar-refractivity contribution in [3.05, 3.63) is 64.9 Å². The first-order valence-electron chi connectivity index (χ1n) is 7.63. The maximum atomic E-state index is 9.27. The number of nitrogen functional groups attached to an aromatic ring is 1. The normalized spacial score (nSPS) is 11.1. The van der Waals surface area contributed by atoms with Gasteiger partial charge in [0.15, 0.2) is 11.5 Å². The van der Waals surface area contributed by atoms with Gasteiger partial charge in [-0.3, -0.25) is 4.57 Å². The Labute approximate surface area is 152 Å². The number of rotatable bonds is 3. The van der Waals surface area contributed by atoms with Gasteiger partial charge in [-0.25, -0.2) is 15.0 Å². The number of halogens is 1. The van der Waals surface area contributed by atoms with Crippen LogP contribution in [0.2, 0.25) is 0 Å². The Hall–Kier alpha value is -2.77. The lowest BCUT2D eigenvalue weighted by Crippen LogP contribution is -2.02. The molecule has 3 N–H and O–H groups in total. The molecule has 124 valence electrons. The van der Waals surface area contributed by atoms with E-state index in [0.717, 1.165) is 26.9 Å². The summed E-state index contributed by atoms with van der Waals surface area (Å²) in [7, 11) is 0. The van der Waals surface area contributed by atoms with Gasteiger partial charge in [0.05, 0.1) is 12.2 Å². The molecule has 6 nitrogen and oxygen atoms in total. The minimum absolute atomic E-state index is 0.00281. The number of aliphatic hydroxyl groups is 1. The van der Waals surface area contributed by atoms with Crippen LogP contribution in [-0.4, -0.2) is 24.6 Å². The van der Waals surface area contributed by atoms with E-state index in [1.165, 1.54) is 0 Å². The first-order valence-corrected chi connectivity index (χ1v) is 8.42.